The minimum absolute atomic E-state index is 0.671. The van der Waals surface area contributed by atoms with E-state index in [0.717, 1.165) is 0 Å². The average Bonchev–Trinajstić information content (AvgIpc) is 2.16. The summed E-state index contributed by atoms with van der Waals surface area (Å²) in [5.74, 6) is 3.17. The molecule has 0 aliphatic carbocycles. The summed E-state index contributed by atoms with van der Waals surface area (Å²) in [6.45, 7) is 13.9. The molecule has 0 aliphatic heterocycles. The van der Waals surface area contributed by atoms with Crippen molar-refractivity contribution in [1.29, 1.82) is 0 Å². The molecular weight excluding hydrogens is 252 g/mol. The first-order valence-corrected chi connectivity index (χ1v) is 8.77. The molecule has 0 rings (SSSR count). The molecule has 92 valence electrons. The third kappa shape index (κ3) is 3.57. The fourth-order valence-electron chi connectivity index (χ4n) is 2.64. The van der Waals surface area contributed by atoms with Crippen molar-refractivity contribution in [2.24, 2.45) is 0 Å². The van der Waals surface area contributed by atoms with Crippen LogP contribution in [0.1, 0.15) is 41.5 Å². The van der Waals surface area contributed by atoms with Gasteiger partial charge in [0.2, 0.25) is 0 Å². The van der Waals surface area contributed by atoms with Crippen LogP contribution >= 0.6 is 0 Å². The fraction of sp³-hybridized carbons (Fsp3) is 0.769. The molecule has 0 aliphatic rings. The molecule has 0 aromatic rings. The molecule has 16 heavy (non-hydrogen) atoms. The van der Waals surface area contributed by atoms with Gasteiger partial charge in [0.25, 0.3) is 0 Å². The Morgan fingerprint density at radius 3 is 1.62 bits per heavy atom. The second-order valence-electron chi connectivity index (χ2n) is 5.14. The molecule has 0 saturated carbocycles. The Balaban J connectivity index is 5.35. The molecule has 0 aromatic carbocycles. The van der Waals surface area contributed by atoms with Crippen LogP contribution in [0.2, 0.25) is 16.6 Å². The van der Waals surface area contributed by atoms with E-state index in [1.54, 1.807) is 7.11 Å². The number of hydrogen-bond donors (Lipinski definition) is 0. The second kappa shape index (κ2) is 6.77. The summed E-state index contributed by atoms with van der Waals surface area (Å²) in [6, 6.07) is 0. The normalized spacial score (nSPS) is 11.9. The SMILES string of the molecule is CO[C](=[Cr])C#C[Si](C(C)C)(C(C)C)C(C)C. The van der Waals surface area contributed by atoms with Gasteiger partial charge in [-0.2, -0.15) is 0 Å². The van der Waals surface area contributed by atoms with Gasteiger partial charge in [0.1, 0.15) is 0 Å². The molecule has 3 heteroatoms. The van der Waals surface area contributed by atoms with Crippen LogP contribution in [-0.4, -0.2) is 19.7 Å². The van der Waals surface area contributed by atoms with Gasteiger partial charge in [-0.1, -0.05) is 0 Å². The van der Waals surface area contributed by atoms with Crippen molar-refractivity contribution in [3.05, 3.63) is 0 Å². The van der Waals surface area contributed by atoms with Crippen LogP contribution in [0.25, 0.3) is 0 Å². The first-order chi connectivity index (χ1) is 7.28. The Morgan fingerprint density at radius 2 is 1.38 bits per heavy atom. The van der Waals surface area contributed by atoms with E-state index in [4.69, 9.17) is 4.74 Å². The molecular formula is C13H24CrOSi. The number of methoxy groups -OCH3 is 1. The Bertz CT molecular complexity index is 275. The van der Waals surface area contributed by atoms with E-state index in [0.29, 0.717) is 21.2 Å². The van der Waals surface area contributed by atoms with Crippen molar-refractivity contribution in [3.8, 4) is 11.5 Å². The van der Waals surface area contributed by atoms with Crippen molar-refractivity contribution in [2.75, 3.05) is 7.11 Å². The third-order valence-electron chi connectivity index (χ3n) is 3.43. The van der Waals surface area contributed by atoms with E-state index in [1.807, 2.05) is 0 Å². The van der Waals surface area contributed by atoms with Crippen LogP contribution < -0.4 is 0 Å². The predicted molar refractivity (Wildman–Crippen MR) is 70.8 cm³/mol. The van der Waals surface area contributed by atoms with Gasteiger partial charge in [-0.05, 0) is 0 Å². The van der Waals surface area contributed by atoms with E-state index >= 15 is 0 Å². The maximum absolute atomic E-state index is 5.09. The molecule has 0 saturated heterocycles. The first kappa shape index (κ1) is 16.1. The summed E-state index contributed by atoms with van der Waals surface area (Å²) < 4.78 is 5.80. The number of rotatable bonds is 4. The molecule has 0 unspecified atom stereocenters. The predicted octanol–water partition coefficient (Wildman–Crippen LogP) is 3.53. The number of ether oxygens (including phenoxy) is 1. The molecule has 0 bridgehead atoms. The van der Waals surface area contributed by atoms with Gasteiger partial charge in [-0.15, -0.1) is 0 Å². The van der Waals surface area contributed by atoms with Gasteiger partial charge in [0, 0.05) is 0 Å². The van der Waals surface area contributed by atoms with Crippen molar-refractivity contribution >= 4 is 12.6 Å². The van der Waals surface area contributed by atoms with Crippen molar-refractivity contribution in [1.82, 2.24) is 0 Å². The number of hydrogen-bond acceptors (Lipinski definition) is 1. The maximum atomic E-state index is 5.09. The molecule has 0 fully saturated rings. The minimum atomic E-state index is -1.59. The van der Waals surface area contributed by atoms with Gasteiger partial charge in [0.15, 0.2) is 0 Å². The van der Waals surface area contributed by atoms with E-state index < -0.39 is 8.07 Å². The van der Waals surface area contributed by atoms with E-state index in [1.165, 1.54) is 0 Å². The van der Waals surface area contributed by atoms with Crippen LogP contribution in [0.4, 0.5) is 0 Å². The van der Waals surface area contributed by atoms with E-state index in [-0.39, 0.29) is 0 Å². The van der Waals surface area contributed by atoms with Crippen molar-refractivity contribution in [3.63, 3.8) is 0 Å². The molecule has 0 radical (unpaired) electrons. The molecule has 0 heterocycles. The second-order valence-corrected chi connectivity index (χ2v) is 11.3. The Kier molecular flexibility index (Phi) is 6.83. The van der Waals surface area contributed by atoms with Crippen LogP contribution in [-0.2, 0) is 20.6 Å². The monoisotopic (exact) mass is 276 g/mol. The molecule has 0 N–H and O–H groups in total. The molecule has 0 aromatic heterocycles. The standard InChI is InChI=1S/C13H24OSi.Cr/c1-11(2)15(12(3)4,13(5)6)10-8-9-14-7;/h11-13H,1-7H3;. The van der Waals surface area contributed by atoms with Crippen LogP contribution in [0.3, 0.4) is 0 Å². The Hall–Kier alpha value is 0.139. The molecule has 0 amide bonds. The van der Waals surface area contributed by atoms with Gasteiger partial charge in [0.05, 0.1) is 0 Å². The average molecular weight is 276 g/mol. The van der Waals surface area contributed by atoms with Crippen LogP contribution in [0, 0.1) is 11.5 Å². The van der Waals surface area contributed by atoms with E-state index in [2.05, 4.69) is 68.9 Å². The zero-order valence-corrected chi connectivity index (χ0v) is 13.8. The van der Waals surface area contributed by atoms with Gasteiger partial charge < -0.3 is 0 Å². The Morgan fingerprint density at radius 1 is 1.00 bits per heavy atom. The zero-order chi connectivity index (χ0) is 12.9. The molecule has 1 nitrogen and oxygen atoms in total. The van der Waals surface area contributed by atoms with Gasteiger partial charge in [-0.25, -0.2) is 0 Å². The van der Waals surface area contributed by atoms with E-state index in [9.17, 15) is 0 Å². The summed E-state index contributed by atoms with van der Waals surface area (Å²) in [4.78, 5) is 0. The molecule has 0 spiro atoms. The van der Waals surface area contributed by atoms with Crippen LogP contribution in [0.5, 0.6) is 0 Å². The summed E-state index contributed by atoms with van der Waals surface area (Å²) in [5.41, 5.74) is 5.59. The Labute approximate surface area is 110 Å². The van der Waals surface area contributed by atoms with Gasteiger partial charge in [-0.3, -0.25) is 0 Å². The first-order valence-electron chi connectivity index (χ1n) is 5.90. The van der Waals surface area contributed by atoms with Crippen molar-refractivity contribution < 1.29 is 20.6 Å². The summed E-state index contributed by atoms with van der Waals surface area (Å²) >= 11 is 2.86. The van der Waals surface area contributed by atoms with Crippen LogP contribution in [0.15, 0.2) is 0 Å². The summed E-state index contributed by atoms with van der Waals surface area (Å²) in [5, 5.41) is 0. The quantitative estimate of drug-likeness (QED) is 0.564. The summed E-state index contributed by atoms with van der Waals surface area (Å²) in [6.07, 6.45) is 0. The summed E-state index contributed by atoms with van der Waals surface area (Å²) in [7, 11) is 0.0680. The van der Waals surface area contributed by atoms with Gasteiger partial charge >= 0.3 is 110 Å². The molecule has 0 atom stereocenters. The zero-order valence-electron chi connectivity index (χ0n) is 11.5. The fourth-order valence-corrected chi connectivity index (χ4v) is 8.07. The third-order valence-corrected chi connectivity index (χ3v) is 10.1. The topological polar surface area (TPSA) is 9.23 Å². The van der Waals surface area contributed by atoms with Crippen molar-refractivity contribution in [2.45, 2.75) is 58.2 Å².